The number of carbonyl (C=O) groups excluding carboxylic acids is 4. The molecule has 4 unspecified atom stereocenters. The van der Waals surface area contributed by atoms with Gasteiger partial charge in [-0.25, -0.2) is 0 Å². The van der Waals surface area contributed by atoms with Crippen molar-refractivity contribution in [3.63, 3.8) is 0 Å². The average molecular weight is 1590 g/mol. The zero-order chi connectivity index (χ0) is 82.2. The molecule has 0 bridgehead atoms. The minimum atomic E-state index is -1.66. The lowest BCUT2D eigenvalue weighted by Gasteiger charge is -2.44. The van der Waals surface area contributed by atoms with Gasteiger partial charge in [0.25, 0.3) is 0 Å². The van der Waals surface area contributed by atoms with E-state index in [2.05, 4.69) is 95.5 Å². The molecule has 2 aliphatic heterocycles. The lowest BCUT2D eigenvalue weighted by Crippen LogP contribution is -2.60. The van der Waals surface area contributed by atoms with E-state index >= 15 is 0 Å². The number of benzene rings is 3. The highest BCUT2D eigenvalue weighted by Gasteiger charge is 2.45. The smallest absolute Gasteiger partial charge is 0.240 e. The van der Waals surface area contributed by atoms with Gasteiger partial charge >= 0.3 is 0 Å². The largest absolute Gasteiger partial charge is 0.394 e. The monoisotopic (exact) mass is 1590 g/mol. The number of amides is 4. The molecule has 3 aromatic rings. The Morgan fingerprint density at radius 3 is 1.27 bits per heavy atom. The molecule has 2 fully saturated rings. The predicted octanol–water partition coefficient (Wildman–Crippen LogP) is 15.6. The van der Waals surface area contributed by atoms with Gasteiger partial charge in [0.2, 0.25) is 23.6 Å². The number of hydrogen-bond donors (Lipinski definition) is 8. The molecule has 16 atom stereocenters. The molecule has 0 aromatic heterocycles. The first-order valence-corrected chi connectivity index (χ1v) is 44.3. The van der Waals surface area contributed by atoms with E-state index in [0.717, 1.165) is 107 Å². The van der Waals surface area contributed by atoms with Crippen molar-refractivity contribution in [2.45, 2.75) is 379 Å². The second-order valence-corrected chi connectivity index (χ2v) is 32.5. The van der Waals surface area contributed by atoms with E-state index in [1.54, 1.807) is 11.9 Å². The summed E-state index contributed by atoms with van der Waals surface area (Å²) in [5.74, 6) is -0.388. The number of hydrogen-bond acceptors (Lipinski definition) is 17. The van der Waals surface area contributed by atoms with Crippen molar-refractivity contribution < 1.29 is 83.0 Å². The van der Waals surface area contributed by atoms with E-state index in [4.69, 9.17) is 33.2 Å². The van der Waals surface area contributed by atoms with Crippen molar-refractivity contribution in [2.24, 2.45) is 17.8 Å². The minimum absolute atomic E-state index is 0.0277. The van der Waals surface area contributed by atoms with Crippen molar-refractivity contribution in [3.05, 3.63) is 108 Å². The molecule has 3 aromatic carbocycles. The summed E-state index contributed by atoms with van der Waals surface area (Å²) in [5, 5.41) is 67.8. The first-order chi connectivity index (χ1) is 54.8. The van der Waals surface area contributed by atoms with Crippen molar-refractivity contribution in [1.29, 1.82) is 0 Å². The maximum Gasteiger partial charge on any atom is 0.240 e. The van der Waals surface area contributed by atoms with Gasteiger partial charge in [0.15, 0.2) is 12.6 Å². The lowest BCUT2D eigenvalue weighted by atomic mass is 9.79. The van der Waals surface area contributed by atoms with Crippen LogP contribution in [0.2, 0.25) is 0 Å². The van der Waals surface area contributed by atoms with E-state index in [1.165, 1.54) is 128 Å². The van der Waals surface area contributed by atoms with Gasteiger partial charge in [-0.05, 0) is 54.2 Å². The SMILES string of the molecule is CCCCCCCCCCCCCC[C@@H](O)[C@@H](O)[C@H](CO[C@H]1OC(CO)[C@H](O)[C@H](O)C1O)NC(=O)CN(C)C(=O)CCCCCC.CCCCCCCCCCCCCC[C@@H](OCc1ccccc1)[C@@H](OCc1ccccc1)[C@H](CO[C@H]1OC(COCc2ccccc2)[C@H](C)[C@H](C)C1C)NC(=O)CN(C)C(=O)CCCCCC. The molecule has 8 N–H and O–H groups in total. The molecule has 646 valence electrons. The Kier molecular flexibility index (Phi) is 55.3. The third kappa shape index (κ3) is 42.3. The van der Waals surface area contributed by atoms with Crippen LogP contribution in [0.1, 0.15) is 296 Å². The van der Waals surface area contributed by atoms with Gasteiger partial charge in [0.05, 0.1) is 89.7 Å². The molecule has 2 saturated heterocycles. The number of aliphatic hydroxyl groups is 6. The fraction of sp³-hybridized carbons (Fsp3) is 0.761. The van der Waals surface area contributed by atoms with Gasteiger partial charge in [-0.3, -0.25) is 19.2 Å². The van der Waals surface area contributed by atoms with Crippen LogP contribution < -0.4 is 10.6 Å². The van der Waals surface area contributed by atoms with Crippen LogP contribution in [0, 0.1) is 17.8 Å². The summed E-state index contributed by atoms with van der Waals surface area (Å²) < 4.78 is 44.7. The Morgan fingerprint density at radius 2 is 0.814 bits per heavy atom. The summed E-state index contributed by atoms with van der Waals surface area (Å²) in [6, 6.07) is 28.9. The number of ether oxygens (including phenoxy) is 7. The third-order valence-corrected chi connectivity index (χ3v) is 22.8. The van der Waals surface area contributed by atoms with Crippen LogP contribution in [-0.4, -0.2) is 197 Å². The molecule has 0 aliphatic carbocycles. The Bertz CT molecular complexity index is 2830. The molecule has 0 saturated carbocycles. The Labute approximate surface area is 681 Å². The number of nitrogens with one attached hydrogen (secondary N) is 2. The molecule has 0 spiro atoms. The lowest BCUT2D eigenvalue weighted by molar-refractivity contribution is -0.303. The highest BCUT2D eigenvalue weighted by molar-refractivity contribution is 5.85. The van der Waals surface area contributed by atoms with Crippen LogP contribution in [0.25, 0.3) is 0 Å². The highest BCUT2D eigenvalue weighted by atomic mass is 16.7. The van der Waals surface area contributed by atoms with Gasteiger partial charge in [-0.2, -0.15) is 0 Å². The van der Waals surface area contributed by atoms with Gasteiger partial charge in [-0.15, -0.1) is 0 Å². The van der Waals surface area contributed by atoms with Crippen molar-refractivity contribution >= 4 is 23.6 Å². The van der Waals surface area contributed by atoms with E-state index in [0.29, 0.717) is 58.0 Å². The van der Waals surface area contributed by atoms with Crippen LogP contribution in [0.5, 0.6) is 0 Å². The maximum atomic E-state index is 14.2. The maximum absolute atomic E-state index is 14.2. The van der Waals surface area contributed by atoms with Gasteiger partial charge in [-0.1, -0.05) is 332 Å². The molecule has 2 aliphatic rings. The van der Waals surface area contributed by atoms with E-state index in [9.17, 15) is 49.8 Å². The molecular weight excluding hydrogens is 1430 g/mol. The number of carbonyl (C=O) groups is 4. The third-order valence-electron chi connectivity index (χ3n) is 22.8. The second-order valence-electron chi connectivity index (χ2n) is 32.5. The normalized spacial score (nSPS) is 21.3. The molecule has 113 heavy (non-hydrogen) atoms. The fourth-order valence-corrected chi connectivity index (χ4v) is 14.9. The molecule has 21 nitrogen and oxygen atoms in total. The van der Waals surface area contributed by atoms with Gasteiger partial charge in [0.1, 0.15) is 36.6 Å². The van der Waals surface area contributed by atoms with E-state index < -0.39 is 86.5 Å². The summed E-state index contributed by atoms with van der Waals surface area (Å²) in [6.07, 6.45) is 27.0. The van der Waals surface area contributed by atoms with Crippen molar-refractivity contribution in [2.75, 3.05) is 53.6 Å². The topological polar surface area (TPSA) is 285 Å². The summed E-state index contributed by atoms with van der Waals surface area (Å²) in [4.78, 5) is 55.6. The number of aliphatic hydroxyl groups excluding tert-OH is 6. The van der Waals surface area contributed by atoms with Crippen molar-refractivity contribution in [1.82, 2.24) is 20.4 Å². The molecule has 21 heteroatoms. The molecule has 5 rings (SSSR count). The zero-order valence-electron chi connectivity index (χ0n) is 71.3. The highest BCUT2D eigenvalue weighted by Crippen LogP contribution is 2.37. The minimum Gasteiger partial charge on any atom is -0.394 e. The molecule has 2 heterocycles. The standard InChI is InChI=1S/C58H90N2O7.C34H66N2O10/c1-7-9-11-13-14-15-16-17-18-19-20-30-38-53(64-42-50-34-26-22-27-35-50)57(65-43-51-36-28-23-29-37-51)52(59-55(61)40-60(6)56(62)39-31-12-10-8-2)44-66-58-48(5)46(3)47(4)54(67-58)45-63-41-49-32-24-21-25-33-49;1-4-6-8-10-11-12-13-14-15-16-17-18-20-26(38)30(41)25(24-45-34-33(44)32(43)31(42)27(23-37)46-34)35-28(39)22-36(3)29(40)21-19-9-7-5-2/h21-29,32-37,46-48,52-54,57-58H,7-20,30-31,38-45H2,1-6H3,(H,59,61);25-27,30-34,37-38,41-44H,4-24H2,1-3H3,(H,35,39)/t46-,47+,48?,52-,53+,54?,57-,58-;25-,26+,27?,30-,31-,32-,33?,34-/m00/s1. The van der Waals surface area contributed by atoms with E-state index in [1.807, 2.05) is 54.6 Å². The van der Waals surface area contributed by atoms with Crippen LogP contribution >= 0.6 is 0 Å². The van der Waals surface area contributed by atoms with Crippen LogP contribution in [0.4, 0.5) is 0 Å². The first kappa shape index (κ1) is 100. The van der Waals surface area contributed by atoms with Crippen LogP contribution in [-0.2, 0) is 72.2 Å². The Morgan fingerprint density at radius 1 is 0.434 bits per heavy atom. The fourth-order valence-electron chi connectivity index (χ4n) is 14.9. The summed E-state index contributed by atoms with van der Waals surface area (Å²) in [7, 11) is 3.25. The average Bonchev–Trinajstić information content (AvgIpc) is 0.817. The van der Waals surface area contributed by atoms with Crippen LogP contribution in [0.15, 0.2) is 91.0 Å². The first-order valence-electron chi connectivity index (χ1n) is 44.3. The Balaban J connectivity index is 0.000000512. The van der Waals surface area contributed by atoms with E-state index in [-0.39, 0.29) is 61.5 Å². The van der Waals surface area contributed by atoms with Gasteiger partial charge in [0, 0.05) is 32.9 Å². The summed E-state index contributed by atoms with van der Waals surface area (Å²) in [6.45, 7) is 15.9. The quantitative estimate of drug-likeness (QED) is 0.0244. The number of rotatable bonds is 63. The summed E-state index contributed by atoms with van der Waals surface area (Å²) >= 11 is 0. The summed E-state index contributed by atoms with van der Waals surface area (Å²) in [5.41, 5.74) is 3.23. The Hall–Kier alpha value is -4.98. The zero-order valence-corrected chi connectivity index (χ0v) is 71.3. The second kappa shape index (κ2) is 62.2. The number of nitrogens with zero attached hydrogens (tertiary/aromatic N) is 2. The molecular formula is C92H156N4O17. The van der Waals surface area contributed by atoms with Gasteiger partial charge < -0.3 is 84.2 Å². The molecule has 0 radical (unpaired) electrons. The molecule has 4 amide bonds. The number of likely N-dealkylation sites (N-methyl/N-ethyl adjacent to an activating group) is 2. The van der Waals surface area contributed by atoms with Crippen molar-refractivity contribution in [3.8, 4) is 0 Å². The number of unbranched alkanes of at least 4 members (excludes halogenated alkanes) is 28. The predicted molar refractivity (Wildman–Crippen MR) is 448 cm³/mol. The van der Waals surface area contributed by atoms with Crippen LogP contribution in [0.3, 0.4) is 0 Å².